The lowest BCUT2D eigenvalue weighted by Gasteiger charge is -2.23. The number of carbonyl (C=O) groups is 1. The molecule has 0 N–H and O–H groups in total. The van der Waals surface area contributed by atoms with E-state index >= 15 is 0 Å². The molecule has 0 spiro atoms. The van der Waals surface area contributed by atoms with Gasteiger partial charge in [-0.25, -0.2) is 0 Å². The van der Waals surface area contributed by atoms with Crippen LogP contribution in [0.25, 0.3) is 0 Å². The number of allylic oxidation sites excluding steroid dienone is 1. The quantitative estimate of drug-likeness (QED) is 0.623. The first-order valence-corrected chi connectivity index (χ1v) is 5.79. The monoisotopic (exact) mass is 194 g/mol. The summed E-state index contributed by atoms with van der Waals surface area (Å²) in [5.41, 5.74) is 1.13. The summed E-state index contributed by atoms with van der Waals surface area (Å²) in [6.07, 6.45) is 6.93. The molecule has 1 aliphatic carbocycles. The molecule has 0 aromatic rings. The maximum Gasteiger partial charge on any atom is 0.139 e. The highest BCUT2D eigenvalue weighted by molar-refractivity contribution is 5.83. The molecule has 80 valence electrons. The van der Waals surface area contributed by atoms with Crippen molar-refractivity contribution in [2.45, 2.75) is 52.4 Å². The maximum absolute atomic E-state index is 12.0. The van der Waals surface area contributed by atoms with Crippen LogP contribution in [0.2, 0.25) is 0 Å². The van der Waals surface area contributed by atoms with Crippen LogP contribution in [-0.2, 0) is 4.79 Å². The second-order valence-electron chi connectivity index (χ2n) is 4.80. The molecule has 0 saturated heterocycles. The Morgan fingerprint density at radius 1 is 1.36 bits per heavy atom. The summed E-state index contributed by atoms with van der Waals surface area (Å²) in [7, 11) is 0. The van der Waals surface area contributed by atoms with E-state index in [1.807, 2.05) is 13.8 Å². The summed E-state index contributed by atoms with van der Waals surface area (Å²) in [6, 6.07) is 0. The lowest BCUT2D eigenvalue weighted by molar-refractivity contribution is -0.127. The van der Waals surface area contributed by atoms with E-state index in [0.29, 0.717) is 11.7 Å². The summed E-state index contributed by atoms with van der Waals surface area (Å²) in [5.74, 6) is 1.03. The number of ketones is 1. The van der Waals surface area contributed by atoms with Crippen LogP contribution in [0.15, 0.2) is 12.2 Å². The first kappa shape index (κ1) is 11.5. The Balaban J connectivity index is 2.42. The average Bonchev–Trinajstić information content (AvgIpc) is 2.17. The SMILES string of the molecule is C=C(C)CC(C)C(=O)C1CCCCC1. The molecule has 1 atom stereocenters. The molecule has 1 nitrogen and oxygen atoms in total. The number of Topliss-reactive ketones (excluding diaryl/α,β-unsaturated/α-hetero) is 1. The Kier molecular flexibility index (Phi) is 4.37. The van der Waals surface area contributed by atoms with Crippen LogP contribution in [0.1, 0.15) is 52.4 Å². The topological polar surface area (TPSA) is 17.1 Å². The minimum atomic E-state index is 0.190. The summed E-state index contributed by atoms with van der Waals surface area (Å²) in [6.45, 7) is 7.92. The smallest absolute Gasteiger partial charge is 0.139 e. The molecule has 14 heavy (non-hydrogen) atoms. The van der Waals surface area contributed by atoms with Crippen molar-refractivity contribution in [2.24, 2.45) is 11.8 Å². The summed E-state index contributed by atoms with van der Waals surface area (Å²) >= 11 is 0. The van der Waals surface area contributed by atoms with Crippen molar-refractivity contribution < 1.29 is 4.79 Å². The fourth-order valence-electron chi connectivity index (χ4n) is 2.41. The zero-order valence-electron chi connectivity index (χ0n) is 9.51. The number of carbonyl (C=O) groups excluding carboxylic acids is 1. The fraction of sp³-hybridized carbons (Fsp3) is 0.769. The third-order valence-corrected chi connectivity index (χ3v) is 3.15. The second-order valence-corrected chi connectivity index (χ2v) is 4.80. The molecular formula is C13H22O. The fourth-order valence-corrected chi connectivity index (χ4v) is 2.41. The van der Waals surface area contributed by atoms with Gasteiger partial charge in [-0.15, -0.1) is 6.58 Å². The van der Waals surface area contributed by atoms with Crippen molar-refractivity contribution >= 4 is 5.78 Å². The first-order chi connectivity index (χ1) is 6.61. The minimum Gasteiger partial charge on any atom is -0.299 e. The van der Waals surface area contributed by atoms with Gasteiger partial charge in [-0.3, -0.25) is 4.79 Å². The van der Waals surface area contributed by atoms with Crippen LogP contribution in [-0.4, -0.2) is 5.78 Å². The van der Waals surface area contributed by atoms with Gasteiger partial charge in [0.1, 0.15) is 5.78 Å². The van der Waals surface area contributed by atoms with Gasteiger partial charge in [0, 0.05) is 11.8 Å². The van der Waals surface area contributed by atoms with E-state index < -0.39 is 0 Å². The molecular weight excluding hydrogens is 172 g/mol. The second kappa shape index (κ2) is 5.33. The zero-order valence-corrected chi connectivity index (χ0v) is 9.51. The van der Waals surface area contributed by atoms with Gasteiger partial charge in [0.2, 0.25) is 0 Å². The van der Waals surface area contributed by atoms with Crippen molar-refractivity contribution in [3.63, 3.8) is 0 Å². The molecule has 0 amide bonds. The molecule has 1 rings (SSSR count). The molecule has 0 aromatic carbocycles. The average molecular weight is 194 g/mol. The van der Waals surface area contributed by atoms with Crippen molar-refractivity contribution in [1.82, 2.24) is 0 Å². The lowest BCUT2D eigenvalue weighted by atomic mass is 9.81. The Bertz CT molecular complexity index is 211. The molecule has 0 radical (unpaired) electrons. The van der Waals surface area contributed by atoms with Gasteiger partial charge < -0.3 is 0 Å². The minimum absolute atomic E-state index is 0.190. The largest absolute Gasteiger partial charge is 0.299 e. The highest BCUT2D eigenvalue weighted by Crippen LogP contribution is 2.28. The Labute approximate surface area is 87.6 Å². The van der Waals surface area contributed by atoms with Crippen LogP contribution in [0.5, 0.6) is 0 Å². The van der Waals surface area contributed by atoms with Gasteiger partial charge in [0.25, 0.3) is 0 Å². The molecule has 0 heterocycles. The molecule has 0 bridgehead atoms. The van der Waals surface area contributed by atoms with E-state index in [0.717, 1.165) is 24.8 Å². The van der Waals surface area contributed by atoms with Gasteiger partial charge in [0.15, 0.2) is 0 Å². The Morgan fingerprint density at radius 2 is 1.93 bits per heavy atom. The van der Waals surface area contributed by atoms with Crippen LogP contribution in [0.4, 0.5) is 0 Å². The predicted octanol–water partition coefficient (Wildman–Crippen LogP) is 3.74. The maximum atomic E-state index is 12.0. The van der Waals surface area contributed by atoms with Crippen LogP contribution in [0, 0.1) is 11.8 Å². The van der Waals surface area contributed by atoms with Crippen LogP contribution >= 0.6 is 0 Å². The highest BCUT2D eigenvalue weighted by Gasteiger charge is 2.24. The van der Waals surface area contributed by atoms with Crippen LogP contribution < -0.4 is 0 Å². The van der Waals surface area contributed by atoms with Crippen molar-refractivity contribution in [3.8, 4) is 0 Å². The standard InChI is InChI=1S/C13H22O/c1-10(2)9-11(3)13(14)12-7-5-4-6-8-12/h11-12H,1,4-9H2,2-3H3. The van der Waals surface area contributed by atoms with E-state index in [1.54, 1.807) is 0 Å². The van der Waals surface area contributed by atoms with Crippen molar-refractivity contribution in [2.75, 3.05) is 0 Å². The van der Waals surface area contributed by atoms with Crippen LogP contribution in [0.3, 0.4) is 0 Å². The van der Waals surface area contributed by atoms with E-state index in [-0.39, 0.29) is 5.92 Å². The van der Waals surface area contributed by atoms with Gasteiger partial charge in [-0.05, 0) is 26.2 Å². The molecule has 1 saturated carbocycles. The molecule has 0 aliphatic heterocycles. The third-order valence-electron chi connectivity index (χ3n) is 3.15. The molecule has 1 fully saturated rings. The Morgan fingerprint density at radius 3 is 2.43 bits per heavy atom. The van der Waals surface area contributed by atoms with E-state index in [1.165, 1.54) is 19.3 Å². The number of rotatable bonds is 4. The third kappa shape index (κ3) is 3.28. The predicted molar refractivity (Wildman–Crippen MR) is 60.2 cm³/mol. The number of hydrogen-bond donors (Lipinski definition) is 0. The van der Waals surface area contributed by atoms with E-state index in [4.69, 9.17) is 0 Å². The molecule has 1 aliphatic rings. The first-order valence-electron chi connectivity index (χ1n) is 5.79. The normalized spacial score (nSPS) is 20.4. The number of hydrogen-bond acceptors (Lipinski definition) is 1. The summed E-state index contributed by atoms with van der Waals surface area (Å²) in [5, 5.41) is 0. The Hall–Kier alpha value is -0.590. The molecule has 1 heteroatoms. The van der Waals surface area contributed by atoms with Crippen molar-refractivity contribution in [1.29, 1.82) is 0 Å². The van der Waals surface area contributed by atoms with E-state index in [9.17, 15) is 4.79 Å². The zero-order chi connectivity index (χ0) is 10.6. The highest BCUT2D eigenvalue weighted by atomic mass is 16.1. The lowest BCUT2D eigenvalue weighted by Crippen LogP contribution is -2.23. The molecule has 0 aromatic heterocycles. The van der Waals surface area contributed by atoms with E-state index in [2.05, 4.69) is 6.58 Å². The summed E-state index contributed by atoms with van der Waals surface area (Å²) < 4.78 is 0. The van der Waals surface area contributed by atoms with Crippen molar-refractivity contribution in [3.05, 3.63) is 12.2 Å². The summed E-state index contributed by atoms with van der Waals surface area (Å²) in [4.78, 5) is 12.0. The van der Waals surface area contributed by atoms with Gasteiger partial charge >= 0.3 is 0 Å². The van der Waals surface area contributed by atoms with Gasteiger partial charge in [-0.1, -0.05) is 31.8 Å². The van der Waals surface area contributed by atoms with Gasteiger partial charge in [0.05, 0.1) is 0 Å². The van der Waals surface area contributed by atoms with Gasteiger partial charge in [-0.2, -0.15) is 0 Å². The molecule has 1 unspecified atom stereocenters.